The molecule has 1 aromatic heterocycles. The van der Waals surface area contributed by atoms with E-state index in [4.69, 9.17) is 9.73 Å². The van der Waals surface area contributed by atoms with Crippen molar-refractivity contribution >= 4 is 22.8 Å². The minimum absolute atomic E-state index is 0.0879. The molecule has 1 N–H and O–H groups in total. The van der Waals surface area contributed by atoms with Gasteiger partial charge in [0.15, 0.2) is 0 Å². The second-order valence-corrected chi connectivity index (χ2v) is 5.22. The molecule has 2 rings (SSSR count). The molecule has 1 aromatic rings. The van der Waals surface area contributed by atoms with Crippen molar-refractivity contribution in [2.75, 3.05) is 20.0 Å². The first kappa shape index (κ1) is 14.1. The number of nitrogens with zero attached hydrogens (tertiary/aromatic N) is 2. The number of methoxy groups -OCH3 is 1. The minimum atomic E-state index is -0.117. The van der Waals surface area contributed by atoms with Crippen molar-refractivity contribution in [3.05, 3.63) is 24.0 Å². The maximum Gasteiger partial charge on any atom is 0.326 e. The second kappa shape index (κ2) is 6.25. The summed E-state index contributed by atoms with van der Waals surface area (Å²) in [5.74, 6) is 0. The number of aromatic nitrogens is 1. The lowest BCUT2D eigenvalue weighted by Crippen LogP contribution is -2.49. The zero-order valence-electron chi connectivity index (χ0n) is 11.4. The van der Waals surface area contributed by atoms with Crippen LogP contribution in [0.4, 0.5) is 4.79 Å². The van der Waals surface area contributed by atoms with Crippen LogP contribution in [0.5, 0.6) is 0 Å². The molecule has 0 bridgehead atoms. The van der Waals surface area contributed by atoms with Gasteiger partial charge < -0.3 is 10.1 Å². The highest BCUT2D eigenvalue weighted by atomic mass is 32.2. The van der Waals surface area contributed by atoms with E-state index in [2.05, 4.69) is 12.2 Å². The standard InChI is InChI=1S/C13H19N3O2S/c1-4-11(19-3)15-12-9(8-18-2)14-13(17)16-7-5-6-10(12)16/h5-7,9,12H,4,8H2,1-3H3,(H,14,17). The number of nitrogens with one attached hydrogen (secondary N) is 1. The van der Waals surface area contributed by atoms with Crippen LogP contribution in [-0.2, 0) is 4.74 Å². The highest BCUT2D eigenvalue weighted by molar-refractivity contribution is 8.13. The smallest absolute Gasteiger partial charge is 0.326 e. The van der Waals surface area contributed by atoms with Gasteiger partial charge in [0.1, 0.15) is 6.04 Å². The number of ether oxygens (including phenoxy) is 1. The molecule has 0 aromatic carbocycles. The Labute approximate surface area is 117 Å². The SMILES string of the molecule is CCC(=NC1c2cccn2C(=O)NC1COC)SC. The first-order valence-corrected chi connectivity index (χ1v) is 7.51. The van der Waals surface area contributed by atoms with Gasteiger partial charge in [0, 0.05) is 13.3 Å². The van der Waals surface area contributed by atoms with Gasteiger partial charge in [-0.25, -0.2) is 4.79 Å². The highest BCUT2D eigenvalue weighted by Crippen LogP contribution is 2.27. The van der Waals surface area contributed by atoms with Crippen molar-refractivity contribution in [1.82, 2.24) is 9.88 Å². The molecule has 2 unspecified atom stereocenters. The lowest BCUT2D eigenvalue weighted by atomic mass is 10.0. The van der Waals surface area contributed by atoms with E-state index in [0.29, 0.717) is 6.61 Å². The molecule has 0 spiro atoms. The Morgan fingerprint density at radius 2 is 2.42 bits per heavy atom. The monoisotopic (exact) mass is 281 g/mol. The average Bonchev–Trinajstić information content (AvgIpc) is 2.89. The van der Waals surface area contributed by atoms with E-state index in [0.717, 1.165) is 17.2 Å². The van der Waals surface area contributed by atoms with E-state index in [1.807, 2.05) is 18.4 Å². The molecule has 0 radical (unpaired) electrons. The molecule has 19 heavy (non-hydrogen) atoms. The second-order valence-electron chi connectivity index (χ2n) is 4.34. The molecule has 1 aliphatic rings. The summed E-state index contributed by atoms with van der Waals surface area (Å²) >= 11 is 1.65. The van der Waals surface area contributed by atoms with Crippen LogP contribution >= 0.6 is 11.8 Å². The van der Waals surface area contributed by atoms with Crippen molar-refractivity contribution in [2.24, 2.45) is 4.99 Å². The Hall–Kier alpha value is -1.27. The Kier molecular flexibility index (Phi) is 4.66. The minimum Gasteiger partial charge on any atom is -0.382 e. The summed E-state index contributed by atoms with van der Waals surface area (Å²) in [7, 11) is 1.63. The summed E-state index contributed by atoms with van der Waals surface area (Å²) in [6.07, 6.45) is 4.68. The topological polar surface area (TPSA) is 55.6 Å². The number of thioether (sulfide) groups is 1. The Balaban J connectivity index is 2.38. The summed E-state index contributed by atoms with van der Waals surface area (Å²) in [5.41, 5.74) is 0.922. The number of aliphatic imine (C=N–C) groups is 1. The van der Waals surface area contributed by atoms with Crippen molar-refractivity contribution in [1.29, 1.82) is 0 Å². The summed E-state index contributed by atoms with van der Waals surface area (Å²) in [4.78, 5) is 16.7. The van der Waals surface area contributed by atoms with E-state index in [-0.39, 0.29) is 18.1 Å². The zero-order valence-corrected chi connectivity index (χ0v) is 12.2. The number of hydrogen-bond acceptors (Lipinski definition) is 4. The largest absolute Gasteiger partial charge is 0.382 e. The van der Waals surface area contributed by atoms with Gasteiger partial charge in [-0.3, -0.25) is 9.56 Å². The van der Waals surface area contributed by atoms with E-state index >= 15 is 0 Å². The fourth-order valence-corrected chi connectivity index (χ4v) is 2.75. The maximum absolute atomic E-state index is 11.9. The van der Waals surface area contributed by atoms with Gasteiger partial charge in [-0.05, 0) is 24.8 Å². The first-order chi connectivity index (χ1) is 9.21. The highest BCUT2D eigenvalue weighted by Gasteiger charge is 2.33. The van der Waals surface area contributed by atoms with Crippen LogP contribution in [0, 0.1) is 0 Å². The van der Waals surface area contributed by atoms with E-state index in [9.17, 15) is 4.79 Å². The number of hydrogen-bond donors (Lipinski definition) is 1. The Morgan fingerprint density at radius 1 is 1.63 bits per heavy atom. The average molecular weight is 281 g/mol. The number of carbonyl (C=O) groups is 1. The molecule has 1 amide bonds. The van der Waals surface area contributed by atoms with Crippen LogP contribution in [0.1, 0.15) is 25.1 Å². The summed E-state index contributed by atoms with van der Waals surface area (Å²) < 4.78 is 6.82. The van der Waals surface area contributed by atoms with E-state index in [1.54, 1.807) is 29.6 Å². The van der Waals surface area contributed by atoms with Gasteiger partial charge in [-0.15, -0.1) is 11.8 Å². The molecule has 0 fully saturated rings. The molecule has 2 heterocycles. The summed E-state index contributed by atoms with van der Waals surface area (Å²) in [5, 5.41) is 4.02. The van der Waals surface area contributed by atoms with Gasteiger partial charge in [0.25, 0.3) is 0 Å². The summed E-state index contributed by atoms with van der Waals surface area (Å²) in [6, 6.07) is 3.50. The Morgan fingerprint density at radius 3 is 3.05 bits per heavy atom. The lowest BCUT2D eigenvalue weighted by Gasteiger charge is -2.31. The number of carbonyl (C=O) groups excluding carboxylic acids is 1. The van der Waals surface area contributed by atoms with Gasteiger partial charge >= 0.3 is 6.03 Å². The van der Waals surface area contributed by atoms with Gasteiger partial charge in [0.05, 0.1) is 23.4 Å². The summed E-state index contributed by atoms with van der Waals surface area (Å²) in [6.45, 7) is 2.54. The van der Waals surface area contributed by atoms with E-state index in [1.165, 1.54) is 0 Å². The molecule has 2 atom stereocenters. The molecule has 1 aliphatic heterocycles. The van der Waals surface area contributed by atoms with Gasteiger partial charge in [-0.2, -0.15) is 0 Å². The number of amides is 1. The van der Waals surface area contributed by atoms with Gasteiger partial charge in [0.2, 0.25) is 0 Å². The van der Waals surface area contributed by atoms with Crippen LogP contribution in [0.25, 0.3) is 0 Å². The molecular weight excluding hydrogens is 262 g/mol. The third-order valence-electron chi connectivity index (χ3n) is 3.16. The van der Waals surface area contributed by atoms with Gasteiger partial charge in [-0.1, -0.05) is 6.92 Å². The number of fused-ring (bicyclic) bond motifs is 1. The third-order valence-corrected chi connectivity index (χ3v) is 4.02. The Bertz CT molecular complexity index is 478. The molecule has 104 valence electrons. The fourth-order valence-electron chi connectivity index (χ4n) is 2.25. The molecular formula is C13H19N3O2S. The van der Waals surface area contributed by atoms with Crippen molar-refractivity contribution in [3.8, 4) is 0 Å². The molecule has 0 saturated carbocycles. The zero-order chi connectivity index (χ0) is 13.8. The van der Waals surface area contributed by atoms with Crippen molar-refractivity contribution in [3.63, 3.8) is 0 Å². The molecule has 5 nitrogen and oxygen atoms in total. The van der Waals surface area contributed by atoms with Crippen molar-refractivity contribution in [2.45, 2.75) is 25.4 Å². The quantitative estimate of drug-likeness (QED) is 0.680. The van der Waals surface area contributed by atoms with Crippen LogP contribution in [0.2, 0.25) is 0 Å². The molecule has 6 heteroatoms. The molecule has 0 saturated heterocycles. The molecule has 0 aliphatic carbocycles. The van der Waals surface area contributed by atoms with Crippen LogP contribution in [0.3, 0.4) is 0 Å². The third kappa shape index (κ3) is 2.84. The maximum atomic E-state index is 11.9. The predicted molar refractivity (Wildman–Crippen MR) is 78.0 cm³/mol. The van der Waals surface area contributed by atoms with E-state index < -0.39 is 0 Å². The van der Waals surface area contributed by atoms with Crippen molar-refractivity contribution < 1.29 is 9.53 Å². The number of rotatable bonds is 4. The lowest BCUT2D eigenvalue weighted by molar-refractivity contribution is 0.149. The normalized spacial score (nSPS) is 23.1. The van der Waals surface area contributed by atoms with Crippen LogP contribution in [-0.4, -0.2) is 41.7 Å². The fraction of sp³-hybridized carbons (Fsp3) is 0.538. The van der Waals surface area contributed by atoms with Crippen LogP contribution in [0.15, 0.2) is 23.3 Å². The van der Waals surface area contributed by atoms with Crippen LogP contribution < -0.4 is 5.32 Å². The predicted octanol–water partition coefficient (Wildman–Crippen LogP) is 2.29. The first-order valence-electron chi connectivity index (χ1n) is 6.29.